The highest BCUT2D eigenvalue weighted by molar-refractivity contribution is 5.99. The van der Waals surface area contributed by atoms with Gasteiger partial charge in [-0.2, -0.15) is 0 Å². The Balaban J connectivity index is 1.35. The third-order valence-electron chi connectivity index (χ3n) is 7.21. The molecule has 1 saturated carbocycles. The van der Waals surface area contributed by atoms with Gasteiger partial charge in [0.05, 0.1) is 18.5 Å². The summed E-state index contributed by atoms with van der Waals surface area (Å²) in [5.41, 5.74) is 7.95. The number of imidazole rings is 1. The molecular formula is C32H31N7O4. The number of nitrogens with two attached hydrogens (primary N) is 1. The van der Waals surface area contributed by atoms with E-state index in [2.05, 4.69) is 20.2 Å². The number of benzene rings is 3. The normalized spacial score (nSPS) is 13.1. The molecule has 1 fully saturated rings. The number of nitrogens with one attached hydrogen (secondary N) is 1. The van der Waals surface area contributed by atoms with Gasteiger partial charge in [0.1, 0.15) is 29.1 Å². The van der Waals surface area contributed by atoms with Crippen LogP contribution in [0, 0.1) is 0 Å². The van der Waals surface area contributed by atoms with Crippen LogP contribution >= 0.6 is 0 Å². The van der Waals surface area contributed by atoms with Crippen molar-refractivity contribution in [3.63, 3.8) is 0 Å². The molecule has 0 unspecified atom stereocenters. The van der Waals surface area contributed by atoms with E-state index in [0.717, 1.165) is 0 Å². The highest BCUT2D eigenvalue weighted by atomic mass is 16.5. The quantitative estimate of drug-likeness (QED) is 0.232. The maximum atomic E-state index is 14.0. The Bertz CT molecular complexity index is 1860. The Morgan fingerprint density at radius 1 is 1.00 bits per heavy atom. The summed E-state index contributed by atoms with van der Waals surface area (Å²) in [6, 6.07) is 22.2. The first-order chi connectivity index (χ1) is 20.9. The van der Waals surface area contributed by atoms with Crippen molar-refractivity contribution < 1.29 is 14.3 Å². The van der Waals surface area contributed by atoms with Gasteiger partial charge in [-0.3, -0.25) is 14.3 Å². The number of anilines is 2. The van der Waals surface area contributed by atoms with E-state index >= 15 is 0 Å². The molecule has 0 atom stereocenters. The molecule has 11 heteroatoms. The van der Waals surface area contributed by atoms with Crippen LogP contribution in [0.2, 0.25) is 0 Å². The van der Waals surface area contributed by atoms with E-state index in [-0.39, 0.29) is 11.7 Å². The van der Waals surface area contributed by atoms with E-state index < -0.39 is 5.69 Å². The van der Waals surface area contributed by atoms with E-state index in [4.69, 9.17) is 15.2 Å². The minimum atomic E-state index is -0.424. The summed E-state index contributed by atoms with van der Waals surface area (Å²) in [6.07, 6.45) is 7.05. The first-order valence-electron chi connectivity index (χ1n) is 13.9. The monoisotopic (exact) mass is 577 g/mol. The van der Waals surface area contributed by atoms with Gasteiger partial charge < -0.3 is 20.5 Å². The molecule has 3 N–H and O–H groups in total. The number of nitrogens with zero attached hydrogens (tertiary/aromatic N) is 5. The predicted octanol–water partition coefficient (Wildman–Crippen LogP) is 4.54. The molecule has 1 amide bonds. The van der Waals surface area contributed by atoms with Crippen LogP contribution in [0.3, 0.4) is 0 Å². The van der Waals surface area contributed by atoms with E-state index in [1.807, 2.05) is 43.5 Å². The number of hydrogen-bond acceptors (Lipinski definition) is 8. The van der Waals surface area contributed by atoms with Crippen molar-refractivity contribution in [1.82, 2.24) is 24.0 Å². The Kier molecular flexibility index (Phi) is 7.63. The predicted molar refractivity (Wildman–Crippen MR) is 165 cm³/mol. The van der Waals surface area contributed by atoms with Crippen molar-refractivity contribution in [3.05, 3.63) is 102 Å². The van der Waals surface area contributed by atoms with Gasteiger partial charge in [-0.25, -0.2) is 19.3 Å². The molecule has 3 aromatic carbocycles. The van der Waals surface area contributed by atoms with Crippen LogP contribution in [0.25, 0.3) is 22.5 Å². The van der Waals surface area contributed by atoms with E-state index in [1.165, 1.54) is 41.5 Å². The molecule has 43 heavy (non-hydrogen) atoms. The smallest absolute Gasteiger partial charge is 0.339 e. The molecule has 6 rings (SSSR count). The Morgan fingerprint density at radius 2 is 1.74 bits per heavy atom. The van der Waals surface area contributed by atoms with Gasteiger partial charge in [0.2, 0.25) is 5.91 Å². The number of fused-ring (bicyclic) bond motifs is 1. The van der Waals surface area contributed by atoms with Crippen LogP contribution in [0.5, 0.6) is 17.2 Å². The molecular weight excluding hydrogens is 546 g/mol. The molecule has 1 aliphatic carbocycles. The number of hydrogen-bond donors (Lipinski definition) is 2. The average Bonchev–Trinajstić information content (AvgIpc) is 3.81. The number of likely N-dealkylation sites (N-methyl/N-ethyl adjacent to an activating group) is 1. The fourth-order valence-corrected chi connectivity index (χ4v) is 4.88. The molecule has 1 aliphatic rings. The fourth-order valence-electron chi connectivity index (χ4n) is 4.88. The van der Waals surface area contributed by atoms with Crippen molar-refractivity contribution in [3.8, 4) is 28.6 Å². The highest BCUT2D eigenvalue weighted by Gasteiger charge is 2.25. The minimum Gasteiger partial charge on any atom is -0.497 e. The molecule has 5 aromatic rings. The van der Waals surface area contributed by atoms with E-state index in [1.54, 1.807) is 42.5 Å². The van der Waals surface area contributed by atoms with E-state index in [0.29, 0.717) is 58.1 Å². The summed E-state index contributed by atoms with van der Waals surface area (Å²) in [7, 11) is 3.56. The van der Waals surface area contributed by atoms with E-state index in [9.17, 15) is 9.59 Å². The zero-order valence-corrected chi connectivity index (χ0v) is 23.8. The molecule has 0 aliphatic heterocycles. The molecule has 11 nitrogen and oxygen atoms in total. The van der Waals surface area contributed by atoms with Gasteiger partial charge >= 0.3 is 5.69 Å². The van der Waals surface area contributed by atoms with Crippen LogP contribution in [-0.4, -0.2) is 56.7 Å². The third-order valence-corrected chi connectivity index (χ3v) is 7.21. The highest BCUT2D eigenvalue weighted by Crippen LogP contribution is 2.29. The Morgan fingerprint density at radius 3 is 2.47 bits per heavy atom. The summed E-state index contributed by atoms with van der Waals surface area (Å²) < 4.78 is 14.3. The number of carbonyl (C=O) groups is 1. The molecule has 0 saturated heterocycles. The standard InChI is InChI=1S/C32H31N7O4/c1-37(22-10-11-22)16-6-9-28(40)36-21-17-24(19-27(18-21)42-2)39-31-29(30(33)34-20-35-31)38(32(39)41)23-12-14-26(15-13-23)43-25-7-4-3-5-8-25/h3-9,12-15,17-20,22H,10-11,16H2,1-2H3,(H,36,40)(H2,33,34,35)/b9-6+. The van der Waals surface area contributed by atoms with Gasteiger partial charge in [0.25, 0.3) is 0 Å². The summed E-state index contributed by atoms with van der Waals surface area (Å²) >= 11 is 0. The maximum Gasteiger partial charge on any atom is 0.339 e. The van der Waals surface area contributed by atoms with Gasteiger partial charge in [-0.15, -0.1) is 0 Å². The number of ether oxygens (including phenoxy) is 2. The van der Waals surface area contributed by atoms with Gasteiger partial charge in [0, 0.05) is 36.5 Å². The SMILES string of the molecule is COc1cc(NC(=O)/C=C/CN(C)C2CC2)cc(-n2c(=O)n(-c3ccc(Oc4ccccc4)cc3)c3c(N)ncnc32)c1. The zero-order valence-electron chi connectivity index (χ0n) is 23.8. The molecule has 0 spiro atoms. The first-order valence-corrected chi connectivity index (χ1v) is 13.9. The molecule has 0 bridgehead atoms. The Hall–Kier alpha value is -5.42. The van der Waals surface area contributed by atoms with Crippen molar-refractivity contribution in [1.29, 1.82) is 0 Å². The molecule has 0 radical (unpaired) electrons. The van der Waals surface area contributed by atoms with Crippen LogP contribution in [0.1, 0.15) is 12.8 Å². The average molecular weight is 578 g/mol. The largest absolute Gasteiger partial charge is 0.497 e. The lowest BCUT2D eigenvalue weighted by Gasteiger charge is -2.12. The van der Waals surface area contributed by atoms with Crippen molar-refractivity contribution in [2.45, 2.75) is 18.9 Å². The summed E-state index contributed by atoms with van der Waals surface area (Å²) in [6.45, 7) is 0.691. The van der Waals surface area contributed by atoms with Crippen molar-refractivity contribution in [2.24, 2.45) is 0 Å². The fraction of sp³-hybridized carbons (Fsp3) is 0.188. The van der Waals surface area contributed by atoms with Crippen molar-refractivity contribution >= 4 is 28.6 Å². The topological polar surface area (TPSA) is 130 Å². The van der Waals surface area contributed by atoms with Gasteiger partial charge in [0.15, 0.2) is 11.5 Å². The number of nitrogen functional groups attached to an aromatic ring is 1. The number of methoxy groups -OCH3 is 1. The molecule has 2 aromatic heterocycles. The van der Waals surface area contributed by atoms with Crippen LogP contribution in [-0.2, 0) is 4.79 Å². The first kappa shape index (κ1) is 27.7. The van der Waals surface area contributed by atoms with Gasteiger partial charge in [-0.1, -0.05) is 24.3 Å². The maximum absolute atomic E-state index is 14.0. The third kappa shape index (κ3) is 5.97. The Labute approximate surface area is 247 Å². The number of para-hydroxylation sites is 1. The number of aromatic nitrogens is 4. The lowest BCUT2D eigenvalue weighted by molar-refractivity contribution is -0.111. The van der Waals surface area contributed by atoms with Crippen LogP contribution < -0.4 is 26.2 Å². The number of amides is 1. The second-order valence-electron chi connectivity index (χ2n) is 10.3. The molecule has 2 heterocycles. The zero-order chi connectivity index (χ0) is 29.9. The lowest BCUT2D eigenvalue weighted by Crippen LogP contribution is -2.22. The summed E-state index contributed by atoms with van der Waals surface area (Å²) in [5.74, 6) is 1.61. The number of rotatable bonds is 10. The second-order valence-corrected chi connectivity index (χ2v) is 10.3. The number of carbonyl (C=O) groups excluding carboxylic acids is 1. The van der Waals surface area contributed by atoms with Crippen LogP contribution in [0.4, 0.5) is 11.5 Å². The lowest BCUT2D eigenvalue weighted by atomic mass is 10.2. The van der Waals surface area contributed by atoms with Crippen LogP contribution in [0.15, 0.2) is 96.1 Å². The minimum absolute atomic E-state index is 0.142. The van der Waals surface area contributed by atoms with Gasteiger partial charge in [-0.05, 0) is 62.4 Å². The second kappa shape index (κ2) is 11.8. The summed E-state index contributed by atoms with van der Waals surface area (Å²) in [4.78, 5) is 37.5. The molecule has 218 valence electrons. The summed E-state index contributed by atoms with van der Waals surface area (Å²) in [5, 5.41) is 2.87. The van der Waals surface area contributed by atoms with Crippen molar-refractivity contribution in [2.75, 3.05) is 31.8 Å².